The molecule has 1 heterocycles. The number of likely N-dealkylation sites (tertiary alicyclic amines) is 1. The average Bonchev–Trinajstić information content (AvgIpc) is 2.39. The number of nitrogens with one attached hydrogen (secondary N) is 1. The molecule has 0 bridgehead atoms. The van der Waals surface area contributed by atoms with E-state index in [2.05, 4.69) is 31.0 Å². The van der Waals surface area contributed by atoms with E-state index in [1.165, 1.54) is 18.9 Å². The zero-order valence-corrected chi connectivity index (χ0v) is 14.0. The Hall–Kier alpha value is -0.640. The lowest BCUT2D eigenvalue weighted by Gasteiger charge is -2.34. The molecule has 1 N–H and O–H groups in total. The monoisotopic (exact) mass is 312 g/mol. The summed E-state index contributed by atoms with van der Waals surface area (Å²) in [5.41, 5.74) is 0.897. The number of benzene rings is 1. The number of hydrogen-bond donors (Lipinski definition) is 1. The van der Waals surface area contributed by atoms with Gasteiger partial charge in [-0.25, -0.2) is 4.39 Å². The Morgan fingerprint density at radius 1 is 1.38 bits per heavy atom. The molecule has 0 aromatic heterocycles. The minimum absolute atomic E-state index is 0.157. The summed E-state index contributed by atoms with van der Waals surface area (Å²) in [5, 5.41) is 4.04. The summed E-state index contributed by atoms with van der Waals surface area (Å²) in [6.07, 6.45) is 2.44. The standard InChI is InChI=1S/C17H26ClFN2/c1-17(2,3)20-10-13-5-4-8-21(11-13)12-14-6-7-15(18)9-16(14)19/h6-7,9,13,20H,4-5,8,10-12H2,1-3H3. The number of rotatable bonds is 4. The predicted molar refractivity (Wildman–Crippen MR) is 87.2 cm³/mol. The van der Waals surface area contributed by atoms with E-state index >= 15 is 0 Å². The first-order chi connectivity index (χ1) is 9.83. The molecule has 4 heteroatoms. The Morgan fingerprint density at radius 3 is 2.81 bits per heavy atom. The third-order valence-electron chi connectivity index (χ3n) is 3.93. The van der Waals surface area contributed by atoms with Crippen molar-refractivity contribution >= 4 is 11.6 Å². The van der Waals surface area contributed by atoms with Gasteiger partial charge >= 0.3 is 0 Å². The number of piperidine rings is 1. The molecule has 0 saturated carbocycles. The molecule has 2 nitrogen and oxygen atoms in total. The normalized spacial score (nSPS) is 20.7. The predicted octanol–water partition coefficient (Wildman–Crippen LogP) is 4.08. The van der Waals surface area contributed by atoms with E-state index in [1.54, 1.807) is 12.1 Å². The summed E-state index contributed by atoms with van der Waals surface area (Å²) in [6, 6.07) is 4.97. The van der Waals surface area contributed by atoms with Crippen molar-refractivity contribution in [1.29, 1.82) is 0 Å². The van der Waals surface area contributed by atoms with Gasteiger partial charge in [-0.1, -0.05) is 17.7 Å². The fraction of sp³-hybridized carbons (Fsp3) is 0.647. The molecule has 118 valence electrons. The van der Waals surface area contributed by atoms with Crippen LogP contribution in [0.2, 0.25) is 5.02 Å². The van der Waals surface area contributed by atoms with Crippen LogP contribution in [0.4, 0.5) is 4.39 Å². The second kappa shape index (κ2) is 7.08. The Balaban J connectivity index is 1.89. The van der Waals surface area contributed by atoms with Gasteiger partial charge in [0.15, 0.2) is 0 Å². The van der Waals surface area contributed by atoms with Crippen LogP contribution in [-0.4, -0.2) is 30.1 Å². The van der Waals surface area contributed by atoms with Crippen LogP contribution in [0.25, 0.3) is 0 Å². The van der Waals surface area contributed by atoms with E-state index in [0.29, 0.717) is 17.5 Å². The van der Waals surface area contributed by atoms with Crippen LogP contribution in [0.1, 0.15) is 39.2 Å². The van der Waals surface area contributed by atoms with Crippen molar-refractivity contribution in [2.45, 2.75) is 45.7 Å². The van der Waals surface area contributed by atoms with Gasteiger partial charge in [0.1, 0.15) is 5.82 Å². The van der Waals surface area contributed by atoms with E-state index < -0.39 is 0 Å². The molecule has 1 aliphatic rings. The van der Waals surface area contributed by atoms with Crippen LogP contribution >= 0.6 is 11.6 Å². The smallest absolute Gasteiger partial charge is 0.129 e. The first kappa shape index (κ1) is 16.7. The molecule has 1 fully saturated rings. The molecule has 21 heavy (non-hydrogen) atoms. The van der Waals surface area contributed by atoms with E-state index in [1.807, 2.05) is 0 Å². The van der Waals surface area contributed by atoms with Crippen molar-refractivity contribution in [2.24, 2.45) is 5.92 Å². The van der Waals surface area contributed by atoms with Crippen molar-refractivity contribution < 1.29 is 4.39 Å². The fourth-order valence-electron chi connectivity index (χ4n) is 2.80. The van der Waals surface area contributed by atoms with Crippen molar-refractivity contribution in [2.75, 3.05) is 19.6 Å². The molecule has 0 spiro atoms. The minimum Gasteiger partial charge on any atom is -0.312 e. The first-order valence-corrected chi connectivity index (χ1v) is 8.12. The molecule has 1 saturated heterocycles. The molecule has 2 rings (SSSR count). The Morgan fingerprint density at radius 2 is 2.14 bits per heavy atom. The van der Waals surface area contributed by atoms with Gasteiger partial charge in [-0.3, -0.25) is 4.90 Å². The highest BCUT2D eigenvalue weighted by Crippen LogP contribution is 2.21. The summed E-state index contributed by atoms with van der Waals surface area (Å²) in [4.78, 5) is 2.35. The van der Waals surface area contributed by atoms with Gasteiger partial charge in [-0.05, 0) is 64.8 Å². The maximum Gasteiger partial charge on any atom is 0.129 e. The van der Waals surface area contributed by atoms with Crippen LogP contribution in [0, 0.1) is 11.7 Å². The van der Waals surface area contributed by atoms with Crippen LogP contribution in [-0.2, 0) is 6.54 Å². The largest absolute Gasteiger partial charge is 0.312 e. The Labute approximate surface area is 132 Å². The summed E-state index contributed by atoms with van der Waals surface area (Å²) in [6.45, 7) is 10.4. The molecule has 1 atom stereocenters. The lowest BCUT2D eigenvalue weighted by atomic mass is 9.96. The maximum atomic E-state index is 13.9. The Bertz CT molecular complexity index is 470. The first-order valence-electron chi connectivity index (χ1n) is 7.75. The molecule has 1 aliphatic heterocycles. The molecular weight excluding hydrogens is 287 g/mol. The van der Waals surface area contributed by atoms with Gasteiger partial charge < -0.3 is 5.32 Å². The summed E-state index contributed by atoms with van der Waals surface area (Å²) < 4.78 is 13.9. The molecule has 0 radical (unpaired) electrons. The van der Waals surface area contributed by atoms with E-state index in [-0.39, 0.29) is 11.4 Å². The zero-order chi connectivity index (χ0) is 15.5. The van der Waals surface area contributed by atoms with Gasteiger partial charge in [-0.15, -0.1) is 0 Å². The second-order valence-electron chi connectivity index (χ2n) is 7.11. The van der Waals surface area contributed by atoms with E-state index in [9.17, 15) is 4.39 Å². The number of halogens is 2. The third-order valence-corrected chi connectivity index (χ3v) is 4.17. The van der Waals surface area contributed by atoms with E-state index in [4.69, 9.17) is 11.6 Å². The number of hydrogen-bond acceptors (Lipinski definition) is 2. The highest BCUT2D eigenvalue weighted by molar-refractivity contribution is 6.30. The summed E-state index contributed by atoms with van der Waals surface area (Å²) in [7, 11) is 0. The van der Waals surface area contributed by atoms with Crippen molar-refractivity contribution in [3.8, 4) is 0 Å². The van der Waals surface area contributed by atoms with Gasteiger partial charge in [0.05, 0.1) is 0 Å². The lowest BCUT2D eigenvalue weighted by molar-refractivity contribution is 0.158. The van der Waals surface area contributed by atoms with Crippen LogP contribution < -0.4 is 5.32 Å². The summed E-state index contributed by atoms with van der Waals surface area (Å²) >= 11 is 5.80. The summed E-state index contributed by atoms with van der Waals surface area (Å²) in [5.74, 6) is 0.450. The highest BCUT2D eigenvalue weighted by atomic mass is 35.5. The highest BCUT2D eigenvalue weighted by Gasteiger charge is 2.22. The zero-order valence-electron chi connectivity index (χ0n) is 13.3. The molecular formula is C17H26ClFN2. The maximum absolute atomic E-state index is 13.9. The van der Waals surface area contributed by atoms with Crippen LogP contribution in [0.15, 0.2) is 18.2 Å². The van der Waals surface area contributed by atoms with Crippen molar-refractivity contribution in [1.82, 2.24) is 10.2 Å². The molecule has 1 unspecified atom stereocenters. The van der Waals surface area contributed by atoms with Gasteiger partial charge in [0.25, 0.3) is 0 Å². The lowest BCUT2D eigenvalue weighted by Crippen LogP contribution is -2.44. The molecule has 1 aromatic carbocycles. The Kier molecular flexibility index (Phi) is 5.64. The van der Waals surface area contributed by atoms with Gasteiger partial charge in [0, 0.05) is 29.2 Å². The molecule has 0 amide bonds. The second-order valence-corrected chi connectivity index (χ2v) is 7.55. The van der Waals surface area contributed by atoms with Gasteiger partial charge in [-0.2, -0.15) is 0 Å². The fourth-order valence-corrected chi connectivity index (χ4v) is 2.96. The van der Waals surface area contributed by atoms with Crippen molar-refractivity contribution in [3.63, 3.8) is 0 Å². The molecule has 1 aromatic rings. The SMILES string of the molecule is CC(C)(C)NCC1CCCN(Cc2ccc(Cl)cc2F)C1. The quantitative estimate of drug-likeness (QED) is 0.901. The van der Waals surface area contributed by atoms with Crippen molar-refractivity contribution in [3.05, 3.63) is 34.6 Å². The number of nitrogens with zero attached hydrogens (tertiary/aromatic N) is 1. The average molecular weight is 313 g/mol. The minimum atomic E-state index is -0.197. The van der Waals surface area contributed by atoms with E-state index in [0.717, 1.165) is 25.2 Å². The topological polar surface area (TPSA) is 15.3 Å². The van der Waals surface area contributed by atoms with Gasteiger partial charge in [0.2, 0.25) is 0 Å². The van der Waals surface area contributed by atoms with Crippen LogP contribution in [0.3, 0.4) is 0 Å². The third kappa shape index (κ3) is 5.57. The molecule has 0 aliphatic carbocycles. The van der Waals surface area contributed by atoms with Crippen LogP contribution in [0.5, 0.6) is 0 Å².